The number of H-pyrrole nitrogens is 1. The standard InChI is InChI=1S/C13H10N4O/c1-2-5-10(6-3-1)12-16-17-13(18-12)15-9-11-7-4-8-14-11/h1-9,14H/b15-9+. The lowest BCUT2D eigenvalue weighted by Gasteiger charge is -1.90. The Balaban J connectivity index is 1.82. The fraction of sp³-hybridized carbons (Fsp3) is 0. The predicted octanol–water partition coefficient (Wildman–Crippen LogP) is 2.82. The molecule has 0 fully saturated rings. The van der Waals surface area contributed by atoms with Crippen LogP contribution in [0.3, 0.4) is 0 Å². The molecule has 0 radical (unpaired) electrons. The van der Waals surface area contributed by atoms with Crippen molar-refractivity contribution in [3.05, 3.63) is 54.4 Å². The topological polar surface area (TPSA) is 67.1 Å². The molecule has 18 heavy (non-hydrogen) atoms. The van der Waals surface area contributed by atoms with Crippen molar-refractivity contribution in [1.82, 2.24) is 15.2 Å². The molecule has 0 saturated carbocycles. The van der Waals surface area contributed by atoms with Gasteiger partial charge in [-0.3, -0.25) is 0 Å². The third-order valence-electron chi connectivity index (χ3n) is 2.37. The van der Waals surface area contributed by atoms with E-state index in [2.05, 4.69) is 20.2 Å². The van der Waals surface area contributed by atoms with Crippen LogP contribution in [0, 0.1) is 0 Å². The van der Waals surface area contributed by atoms with Gasteiger partial charge in [0.15, 0.2) is 0 Å². The summed E-state index contributed by atoms with van der Waals surface area (Å²) in [5.74, 6) is 0.467. The van der Waals surface area contributed by atoms with Crippen molar-refractivity contribution in [2.24, 2.45) is 4.99 Å². The van der Waals surface area contributed by atoms with Gasteiger partial charge in [0, 0.05) is 11.8 Å². The number of nitrogens with zero attached hydrogens (tertiary/aromatic N) is 3. The highest BCUT2D eigenvalue weighted by Crippen LogP contribution is 2.20. The minimum Gasteiger partial charge on any atom is -0.402 e. The molecule has 0 unspecified atom stereocenters. The molecule has 3 rings (SSSR count). The third kappa shape index (κ3) is 2.20. The zero-order valence-corrected chi connectivity index (χ0v) is 9.45. The van der Waals surface area contributed by atoms with E-state index in [0.717, 1.165) is 11.3 Å². The first-order valence-electron chi connectivity index (χ1n) is 5.48. The highest BCUT2D eigenvalue weighted by Gasteiger charge is 2.06. The molecule has 1 N–H and O–H groups in total. The van der Waals surface area contributed by atoms with Gasteiger partial charge < -0.3 is 9.40 Å². The number of aliphatic imine (C=N–C) groups is 1. The van der Waals surface area contributed by atoms with E-state index in [4.69, 9.17) is 4.42 Å². The molecular weight excluding hydrogens is 228 g/mol. The molecule has 0 spiro atoms. The maximum absolute atomic E-state index is 5.43. The molecule has 2 aromatic heterocycles. The summed E-state index contributed by atoms with van der Waals surface area (Å²) in [5, 5.41) is 7.81. The van der Waals surface area contributed by atoms with E-state index in [-0.39, 0.29) is 6.01 Å². The van der Waals surface area contributed by atoms with Crippen molar-refractivity contribution >= 4 is 12.2 Å². The molecule has 0 atom stereocenters. The zero-order valence-electron chi connectivity index (χ0n) is 9.45. The maximum atomic E-state index is 5.43. The minimum atomic E-state index is 0.239. The van der Waals surface area contributed by atoms with Gasteiger partial charge in [0.1, 0.15) is 0 Å². The Morgan fingerprint density at radius 1 is 1.06 bits per heavy atom. The lowest BCUT2D eigenvalue weighted by atomic mass is 10.2. The summed E-state index contributed by atoms with van der Waals surface area (Å²) < 4.78 is 5.43. The van der Waals surface area contributed by atoms with Gasteiger partial charge >= 0.3 is 6.01 Å². The number of hydrogen-bond donors (Lipinski definition) is 1. The number of nitrogens with one attached hydrogen (secondary N) is 1. The summed E-state index contributed by atoms with van der Waals surface area (Å²) in [6, 6.07) is 13.6. The fourth-order valence-electron chi connectivity index (χ4n) is 1.51. The molecule has 0 aliphatic rings. The first-order chi connectivity index (χ1) is 8.92. The normalized spacial score (nSPS) is 11.1. The van der Waals surface area contributed by atoms with Crippen LogP contribution in [-0.2, 0) is 0 Å². The van der Waals surface area contributed by atoms with Crippen LogP contribution < -0.4 is 0 Å². The van der Waals surface area contributed by atoms with Crippen molar-refractivity contribution in [1.29, 1.82) is 0 Å². The quantitative estimate of drug-likeness (QED) is 0.713. The Morgan fingerprint density at radius 2 is 1.94 bits per heavy atom. The van der Waals surface area contributed by atoms with Crippen LogP contribution in [0.4, 0.5) is 6.01 Å². The van der Waals surface area contributed by atoms with Crippen LogP contribution in [0.1, 0.15) is 5.69 Å². The number of aromatic nitrogens is 3. The molecule has 0 bridgehead atoms. The molecule has 1 aromatic carbocycles. The smallest absolute Gasteiger partial charge is 0.342 e. The Kier molecular flexibility index (Phi) is 2.71. The van der Waals surface area contributed by atoms with Gasteiger partial charge in [-0.15, -0.1) is 5.10 Å². The molecule has 0 aliphatic carbocycles. The largest absolute Gasteiger partial charge is 0.402 e. The SMILES string of the molecule is C(=N\c1nnc(-c2ccccc2)o1)/c1ccc[nH]1. The van der Waals surface area contributed by atoms with Crippen molar-refractivity contribution in [2.45, 2.75) is 0 Å². The molecule has 0 saturated heterocycles. The monoisotopic (exact) mass is 238 g/mol. The minimum absolute atomic E-state index is 0.239. The molecular formula is C13H10N4O. The van der Waals surface area contributed by atoms with E-state index in [1.165, 1.54) is 0 Å². The molecule has 5 heteroatoms. The lowest BCUT2D eigenvalue weighted by molar-refractivity contribution is 0.580. The van der Waals surface area contributed by atoms with Crippen molar-refractivity contribution in [2.75, 3.05) is 0 Å². The Hall–Kier alpha value is -2.69. The van der Waals surface area contributed by atoms with E-state index in [1.54, 1.807) is 6.21 Å². The maximum Gasteiger partial charge on any atom is 0.342 e. The van der Waals surface area contributed by atoms with E-state index in [1.807, 2.05) is 48.7 Å². The molecule has 0 amide bonds. The Labute approximate surface area is 103 Å². The van der Waals surface area contributed by atoms with Gasteiger partial charge in [-0.2, -0.15) is 4.99 Å². The average molecular weight is 238 g/mol. The molecule has 2 heterocycles. The van der Waals surface area contributed by atoms with Crippen molar-refractivity contribution < 1.29 is 4.42 Å². The molecule has 3 aromatic rings. The van der Waals surface area contributed by atoms with Gasteiger partial charge in [-0.05, 0) is 24.3 Å². The van der Waals surface area contributed by atoms with Crippen LogP contribution in [-0.4, -0.2) is 21.4 Å². The third-order valence-corrected chi connectivity index (χ3v) is 2.37. The summed E-state index contributed by atoms with van der Waals surface area (Å²) in [5.41, 5.74) is 1.76. The summed E-state index contributed by atoms with van der Waals surface area (Å²) in [7, 11) is 0. The number of rotatable bonds is 3. The molecule has 88 valence electrons. The van der Waals surface area contributed by atoms with Gasteiger partial charge in [0.25, 0.3) is 0 Å². The van der Waals surface area contributed by atoms with Crippen LogP contribution in [0.2, 0.25) is 0 Å². The second kappa shape index (κ2) is 4.67. The first-order valence-corrected chi connectivity index (χ1v) is 5.48. The van der Waals surface area contributed by atoms with Gasteiger partial charge in [-0.1, -0.05) is 23.3 Å². The summed E-state index contributed by atoms with van der Waals surface area (Å²) in [6.45, 7) is 0. The van der Waals surface area contributed by atoms with Crippen molar-refractivity contribution in [3.63, 3.8) is 0 Å². The number of hydrogen-bond acceptors (Lipinski definition) is 4. The van der Waals surface area contributed by atoms with Gasteiger partial charge in [0.2, 0.25) is 5.89 Å². The van der Waals surface area contributed by atoms with Gasteiger partial charge in [-0.25, -0.2) is 0 Å². The fourth-order valence-corrected chi connectivity index (χ4v) is 1.51. The van der Waals surface area contributed by atoms with Crippen LogP contribution in [0.25, 0.3) is 11.5 Å². The highest BCUT2D eigenvalue weighted by molar-refractivity contribution is 5.78. The van der Waals surface area contributed by atoms with Crippen LogP contribution in [0.5, 0.6) is 0 Å². The summed E-state index contributed by atoms with van der Waals surface area (Å²) >= 11 is 0. The second-order valence-electron chi connectivity index (χ2n) is 3.64. The highest BCUT2D eigenvalue weighted by atomic mass is 16.4. The van der Waals surface area contributed by atoms with Crippen LogP contribution in [0.15, 0.2) is 58.1 Å². The van der Waals surface area contributed by atoms with E-state index in [9.17, 15) is 0 Å². The van der Waals surface area contributed by atoms with Crippen LogP contribution >= 0.6 is 0 Å². The number of benzene rings is 1. The van der Waals surface area contributed by atoms with E-state index < -0.39 is 0 Å². The lowest BCUT2D eigenvalue weighted by Crippen LogP contribution is -1.77. The first kappa shape index (κ1) is 10.5. The summed E-state index contributed by atoms with van der Waals surface area (Å²) in [6.07, 6.45) is 3.47. The average Bonchev–Trinajstić information content (AvgIpc) is 3.09. The van der Waals surface area contributed by atoms with E-state index >= 15 is 0 Å². The van der Waals surface area contributed by atoms with Crippen molar-refractivity contribution in [3.8, 4) is 11.5 Å². The Bertz CT molecular complexity index is 641. The Morgan fingerprint density at radius 3 is 2.72 bits per heavy atom. The van der Waals surface area contributed by atoms with E-state index in [0.29, 0.717) is 5.89 Å². The zero-order chi connectivity index (χ0) is 12.2. The second-order valence-corrected chi connectivity index (χ2v) is 3.64. The summed E-state index contributed by atoms with van der Waals surface area (Å²) in [4.78, 5) is 7.11. The molecule has 0 aliphatic heterocycles. The number of aromatic amines is 1. The molecule has 5 nitrogen and oxygen atoms in total. The predicted molar refractivity (Wildman–Crippen MR) is 67.8 cm³/mol. The van der Waals surface area contributed by atoms with Gasteiger partial charge in [0.05, 0.1) is 11.9 Å².